The predicted octanol–water partition coefficient (Wildman–Crippen LogP) is 5.08. The molecule has 18 heavy (non-hydrogen) atoms. The standard InChI is InChI=1S/C16H20S2/c1-2-5-13(6-3-1)14-7-9-15(10-8-14)16-17-11-4-12-18-16/h1-3,5-6,9,14,16H,4,7-8,10-12H2. The fourth-order valence-electron chi connectivity index (χ4n) is 2.80. The predicted molar refractivity (Wildman–Crippen MR) is 84.4 cm³/mol. The zero-order chi connectivity index (χ0) is 12.2. The molecule has 1 fully saturated rings. The van der Waals surface area contributed by atoms with E-state index in [-0.39, 0.29) is 0 Å². The molecule has 1 heterocycles. The minimum Gasteiger partial charge on any atom is -0.143 e. The van der Waals surface area contributed by atoms with Crippen LogP contribution in [0.5, 0.6) is 0 Å². The molecule has 0 aromatic heterocycles. The molecule has 0 saturated carbocycles. The molecule has 1 aromatic rings. The van der Waals surface area contributed by atoms with Gasteiger partial charge >= 0.3 is 0 Å². The van der Waals surface area contributed by atoms with Crippen LogP contribution in [0.4, 0.5) is 0 Å². The van der Waals surface area contributed by atoms with E-state index in [9.17, 15) is 0 Å². The largest absolute Gasteiger partial charge is 0.143 e. The summed E-state index contributed by atoms with van der Waals surface area (Å²) in [5.74, 6) is 3.47. The summed E-state index contributed by atoms with van der Waals surface area (Å²) in [6, 6.07) is 11.0. The third-order valence-corrected chi connectivity index (χ3v) is 6.92. The monoisotopic (exact) mass is 276 g/mol. The lowest BCUT2D eigenvalue weighted by Gasteiger charge is -2.29. The molecule has 0 N–H and O–H groups in total. The zero-order valence-corrected chi connectivity index (χ0v) is 12.3. The van der Waals surface area contributed by atoms with Gasteiger partial charge in [0, 0.05) is 0 Å². The van der Waals surface area contributed by atoms with Gasteiger partial charge < -0.3 is 0 Å². The van der Waals surface area contributed by atoms with Gasteiger partial charge in [-0.15, -0.1) is 23.5 Å². The Morgan fingerprint density at radius 2 is 1.78 bits per heavy atom. The molecule has 2 aliphatic rings. The molecule has 0 spiro atoms. The maximum absolute atomic E-state index is 2.54. The van der Waals surface area contributed by atoms with Crippen LogP contribution in [0.3, 0.4) is 0 Å². The lowest BCUT2D eigenvalue weighted by atomic mass is 9.85. The Morgan fingerprint density at radius 1 is 1.00 bits per heavy atom. The first-order chi connectivity index (χ1) is 8.93. The van der Waals surface area contributed by atoms with E-state index in [1.54, 1.807) is 5.57 Å². The van der Waals surface area contributed by atoms with Crippen molar-refractivity contribution >= 4 is 23.5 Å². The van der Waals surface area contributed by atoms with E-state index in [1.165, 1.54) is 42.8 Å². The number of allylic oxidation sites excluding steroid dienone is 1. The summed E-state index contributed by atoms with van der Waals surface area (Å²) in [5.41, 5.74) is 3.24. The van der Waals surface area contributed by atoms with E-state index in [2.05, 4.69) is 59.9 Å². The first kappa shape index (κ1) is 12.7. The van der Waals surface area contributed by atoms with Crippen LogP contribution in [0.1, 0.15) is 37.2 Å². The van der Waals surface area contributed by atoms with Crippen LogP contribution in [0.15, 0.2) is 42.0 Å². The summed E-state index contributed by atoms with van der Waals surface area (Å²) in [6.45, 7) is 0. The fraction of sp³-hybridized carbons (Fsp3) is 0.500. The van der Waals surface area contributed by atoms with Crippen LogP contribution in [-0.4, -0.2) is 16.1 Å². The van der Waals surface area contributed by atoms with Crippen molar-refractivity contribution in [1.82, 2.24) is 0 Å². The van der Waals surface area contributed by atoms with Crippen LogP contribution < -0.4 is 0 Å². The van der Waals surface area contributed by atoms with Crippen molar-refractivity contribution in [2.24, 2.45) is 0 Å². The highest BCUT2D eigenvalue weighted by molar-refractivity contribution is 8.17. The van der Waals surface area contributed by atoms with Gasteiger partial charge in [-0.2, -0.15) is 0 Å². The third kappa shape index (κ3) is 2.97. The third-order valence-electron chi connectivity index (χ3n) is 3.85. The topological polar surface area (TPSA) is 0 Å². The Balaban J connectivity index is 1.64. The molecule has 0 nitrogen and oxygen atoms in total. The molecule has 96 valence electrons. The SMILES string of the molecule is C1=C(C2SCCCS2)CCC(c2ccccc2)C1. The lowest BCUT2D eigenvalue weighted by Crippen LogP contribution is -2.14. The van der Waals surface area contributed by atoms with Gasteiger partial charge in [0.2, 0.25) is 0 Å². The van der Waals surface area contributed by atoms with Crippen LogP contribution in [0.2, 0.25) is 0 Å². The normalized spacial score (nSPS) is 25.8. The molecular formula is C16H20S2. The van der Waals surface area contributed by atoms with Gasteiger partial charge in [0.1, 0.15) is 0 Å². The second-order valence-corrected chi connectivity index (χ2v) is 7.81. The molecule has 1 saturated heterocycles. The van der Waals surface area contributed by atoms with Gasteiger partial charge in [0.15, 0.2) is 0 Å². The average Bonchev–Trinajstić information content (AvgIpc) is 2.49. The average molecular weight is 276 g/mol. The molecule has 0 amide bonds. The molecule has 2 heteroatoms. The van der Waals surface area contributed by atoms with Gasteiger partial charge in [0.25, 0.3) is 0 Å². The zero-order valence-electron chi connectivity index (χ0n) is 10.7. The van der Waals surface area contributed by atoms with Crippen molar-refractivity contribution in [2.75, 3.05) is 11.5 Å². The summed E-state index contributed by atoms with van der Waals surface area (Å²) < 4.78 is 0.774. The Labute approximate surface area is 119 Å². The highest BCUT2D eigenvalue weighted by Crippen LogP contribution is 2.42. The Morgan fingerprint density at radius 3 is 2.44 bits per heavy atom. The van der Waals surface area contributed by atoms with Gasteiger partial charge in [-0.25, -0.2) is 0 Å². The minimum atomic E-state index is 0.758. The van der Waals surface area contributed by atoms with Crippen molar-refractivity contribution < 1.29 is 0 Å². The molecule has 1 aliphatic heterocycles. The van der Waals surface area contributed by atoms with Crippen LogP contribution in [-0.2, 0) is 0 Å². The second kappa shape index (κ2) is 6.21. The molecule has 3 rings (SSSR count). The number of hydrogen-bond donors (Lipinski definition) is 0. The number of benzene rings is 1. The molecule has 1 atom stereocenters. The highest BCUT2D eigenvalue weighted by Gasteiger charge is 2.23. The van der Waals surface area contributed by atoms with E-state index in [0.29, 0.717) is 0 Å². The molecule has 1 aromatic carbocycles. The maximum Gasteiger partial charge on any atom is 0.0711 e. The molecule has 1 aliphatic carbocycles. The smallest absolute Gasteiger partial charge is 0.0711 e. The minimum absolute atomic E-state index is 0.758. The Hall–Kier alpha value is -0.340. The summed E-state index contributed by atoms with van der Waals surface area (Å²) in [7, 11) is 0. The van der Waals surface area contributed by atoms with Crippen molar-refractivity contribution in [3.8, 4) is 0 Å². The Kier molecular flexibility index (Phi) is 4.37. The van der Waals surface area contributed by atoms with Crippen LogP contribution >= 0.6 is 23.5 Å². The van der Waals surface area contributed by atoms with Crippen molar-refractivity contribution in [1.29, 1.82) is 0 Å². The van der Waals surface area contributed by atoms with Crippen LogP contribution in [0, 0.1) is 0 Å². The number of rotatable bonds is 2. The molecular weight excluding hydrogens is 256 g/mol. The number of hydrogen-bond acceptors (Lipinski definition) is 2. The van der Waals surface area contributed by atoms with Gasteiger partial charge in [-0.05, 0) is 48.7 Å². The highest BCUT2D eigenvalue weighted by atomic mass is 32.2. The Bertz CT molecular complexity index is 404. The van der Waals surface area contributed by atoms with E-state index >= 15 is 0 Å². The fourth-order valence-corrected chi connectivity index (χ4v) is 5.85. The molecule has 0 bridgehead atoms. The van der Waals surface area contributed by atoms with Crippen molar-refractivity contribution in [3.05, 3.63) is 47.5 Å². The van der Waals surface area contributed by atoms with E-state index in [1.807, 2.05) is 0 Å². The lowest BCUT2D eigenvalue weighted by molar-refractivity contribution is 0.598. The van der Waals surface area contributed by atoms with E-state index in [4.69, 9.17) is 0 Å². The summed E-state index contributed by atoms with van der Waals surface area (Å²) >= 11 is 4.32. The molecule has 1 unspecified atom stereocenters. The van der Waals surface area contributed by atoms with Gasteiger partial charge in [-0.1, -0.05) is 42.0 Å². The van der Waals surface area contributed by atoms with Crippen molar-refractivity contribution in [2.45, 2.75) is 36.2 Å². The second-order valence-electron chi connectivity index (χ2n) is 5.09. The van der Waals surface area contributed by atoms with Gasteiger partial charge in [0.05, 0.1) is 4.58 Å². The van der Waals surface area contributed by atoms with Crippen molar-refractivity contribution in [3.63, 3.8) is 0 Å². The summed E-state index contributed by atoms with van der Waals surface area (Å²) in [5, 5.41) is 0. The van der Waals surface area contributed by atoms with E-state index < -0.39 is 0 Å². The first-order valence-corrected chi connectivity index (χ1v) is 9.00. The van der Waals surface area contributed by atoms with Crippen LogP contribution in [0.25, 0.3) is 0 Å². The first-order valence-electron chi connectivity index (χ1n) is 6.90. The quantitative estimate of drug-likeness (QED) is 0.691. The molecule has 0 radical (unpaired) electrons. The van der Waals surface area contributed by atoms with Gasteiger partial charge in [-0.3, -0.25) is 0 Å². The summed E-state index contributed by atoms with van der Waals surface area (Å²) in [4.78, 5) is 0. The number of thioether (sulfide) groups is 2. The van der Waals surface area contributed by atoms with E-state index in [0.717, 1.165) is 10.5 Å². The summed E-state index contributed by atoms with van der Waals surface area (Å²) in [6.07, 6.45) is 7.83. The maximum atomic E-state index is 2.54.